The van der Waals surface area contributed by atoms with Crippen molar-refractivity contribution in [3.63, 3.8) is 0 Å². The van der Waals surface area contributed by atoms with E-state index in [1.54, 1.807) is 30.5 Å². The van der Waals surface area contributed by atoms with E-state index in [4.69, 9.17) is 18.4 Å². The van der Waals surface area contributed by atoms with Crippen molar-refractivity contribution in [1.82, 2.24) is 19.5 Å². The molecule has 5 rings (SSSR count). The van der Waals surface area contributed by atoms with E-state index >= 15 is 0 Å². The van der Waals surface area contributed by atoms with Crippen molar-refractivity contribution >= 4 is 21.3 Å². The number of benzene rings is 1. The summed E-state index contributed by atoms with van der Waals surface area (Å²) in [4.78, 5) is 22.9. The molecular weight excluding hydrogens is 440 g/mol. The van der Waals surface area contributed by atoms with Crippen molar-refractivity contribution in [2.75, 3.05) is 6.61 Å². The van der Waals surface area contributed by atoms with Crippen LogP contribution in [-0.4, -0.2) is 58.6 Å². The normalized spacial score (nSPS) is 27.1. The van der Waals surface area contributed by atoms with E-state index in [0.717, 1.165) is 5.56 Å². The second-order valence-electron chi connectivity index (χ2n) is 8.24. The highest BCUT2D eigenvalue weighted by molar-refractivity contribution is 7.86. The van der Waals surface area contributed by atoms with Crippen LogP contribution >= 0.6 is 0 Å². The molecule has 0 unspecified atom stereocenters. The van der Waals surface area contributed by atoms with Gasteiger partial charge in [0.1, 0.15) is 18.3 Å². The molecule has 0 radical (unpaired) electrons. The van der Waals surface area contributed by atoms with Crippen molar-refractivity contribution in [1.29, 1.82) is 0 Å². The maximum absolute atomic E-state index is 12.6. The third kappa shape index (κ3) is 3.63. The molecule has 2 aromatic heterocycles. The van der Waals surface area contributed by atoms with Crippen molar-refractivity contribution in [2.24, 2.45) is 0 Å². The Morgan fingerprint density at radius 2 is 1.88 bits per heavy atom. The highest BCUT2D eigenvalue weighted by Crippen LogP contribution is 2.43. The molecule has 1 aromatic carbocycles. The number of H-pyrrole nitrogens is 1. The van der Waals surface area contributed by atoms with E-state index in [0.29, 0.717) is 5.65 Å². The summed E-state index contributed by atoms with van der Waals surface area (Å²) in [6.45, 7) is 5.12. The monoisotopic (exact) mass is 462 g/mol. The molecule has 2 saturated heterocycles. The molecule has 0 aliphatic carbocycles. The lowest BCUT2D eigenvalue weighted by molar-refractivity contribution is -0.198. The first-order valence-corrected chi connectivity index (χ1v) is 11.4. The summed E-state index contributed by atoms with van der Waals surface area (Å²) >= 11 is 0. The largest absolute Gasteiger partial charge is 0.347 e. The standard InChI is InChI=1S/C20H22N4O7S/c1-11-4-6-12(7-5-11)32(26,27)28-8-13-15-16(31-20(2,3)30-15)19(29-13)24-10-23-14-17(24)21-9-22-18(14)25/h4-7,9-10,13,15-16,19H,8H2,1-3H3,(H,21,22,25)/t13-,15+,16+,19-/m1/s1. The predicted octanol–water partition coefficient (Wildman–Crippen LogP) is 1.25. The average Bonchev–Trinajstić information content (AvgIpc) is 3.38. The Labute approximate surface area is 183 Å². The van der Waals surface area contributed by atoms with Gasteiger partial charge in [-0.05, 0) is 32.9 Å². The van der Waals surface area contributed by atoms with E-state index in [-0.39, 0.29) is 22.6 Å². The van der Waals surface area contributed by atoms with E-state index in [2.05, 4.69) is 15.0 Å². The summed E-state index contributed by atoms with van der Waals surface area (Å²) in [6.07, 6.45) is 0.0558. The number of aromatic amines is 1. The summed E-state index contributed by atoms with van der Waals surface area (Å²) in [6, 6.07) is 6.38. The summed E-state index contributed by atoms with van der Waals surface area (Å²) in [5.74, 6) is -0.910. The third-order valence-corrected chi connectivity index (χ3v) is 6.76. The van der Waals surface area contributed by atoms with Crippen LogP contribution in [0, 0.1) is 6.92 Å². The molecule has 0 amide bonds. The maximum atomic E-state index is 12.6. The van der Waals surface area contributed by atoms with Gasteiger partial charge in [-0.2, -0.15) is 8.42 Å². The molecule has 0 spiro atoms. The van der Waals surface area contributed by atoms with Crippen LogP contribution in [0.5, 0.6) is 0 Å². The Hall–Kier alpha value is -2.64. The minimum Gasteiger partial charge on any atom is -0.347 e. The molecule has 1 N–H and O–H groups in total. The number of aromatic nitrogens is 4. The summed E-state index contributed by atoms with van der Waals surface area (Å²) in [5.41, 5.74) is 1.04. The minimum absolute atomic E-state index is 0.0575. The van der Waals surface area contributed by atoms with Crippen LogP contribution in [0.25, 0.3) is 11.2 Å². The minimum atomic E-state index is -3.99. The van der Waals surface area contributed by atoms with Crippen LogP contribution in [0.4, 0.5) is 0 Å². The van der Waals surface area contributed by atoms with Crippen molar-refractivity contribution in [3.8, 4) is 0 Å². The van der Waals surface area contributed by atoms with Crippen LogP contribution < -0.4 is 5.56 Å². The molecule has 2 aliphatic rings. The third-order valence-electron chi connectivity index (χ3n) is 5.46. The number of hydrogen-bond acceptors (Lipinski definition) is 9. The van der Waals surface area contributed by atoms with E-state index in [9.17, 15) is 13.2 Å². The van der Waals surface area contributed by atoms with Crippen LogP contribution in [0.2, 0.25) is 0 Å². The molecule has 32 heavy (non-hydrogen) atoms. The van der Waals surface area contributed by atoms with Crippen molar-refractivity contribution in [3.05, 3.63) is 52.8 Å². The van der Waals surface area contributed by atoms with Crippen molar-refractivity contribution in [2.45, 2.75) is 56.0 Å². The molecule has 170 valence electrons. The summed E-state index contributed by atoms with van der Waals surface area (Å²) < 4.78 is 50.3. The van der Waals surface area contributed by atoms with Gasteiger partial charge in [-0.15, -0.1) is 0 Å². The number of rotatable bonds is 5. The number of aryl methyl sites for hydroxylation is 1. The number of nitrogens with one attached hydrogen (secondary N) is 1. The van der Waals surface area contributed by atoms with E-state index < -0.39 is 40.4 Å². The van der Waals surface area contributed by atoms with Crippen molar-refractivity contribution < 1.29 is 26.8 Å². The first kappa shape index (κ1) is 21.2. The number of nitrogens with zero attached hydrogens (tertiary/aromatic N) is 3. The van der Waals surface area contributed by atoms with E-state index in [1.807, 2.05) is 6.92 Å². The number of fused-ring (bicyclic) bond motifs is 2. The van der Waals surface area contributed by atoms with Gasteiger partial charge < -0.3 is 19.2 Å². The van der Waals surface area contributed by atoms with Gasteiger partial charge in [0.05, 0.1) is 24.2 Å². The molecule has 2 aliphatic heterocycles. The van der Waals surface area contributed by atoms with Gasteiger partial charge in [0, 0.05) is 0 Å². The van der Waals surface area contributed by atoms with Gasteiger partial charge >= 0.3 is 0 Å². The lowest BCUT2D eigenvalue weighted by Crippen LogP contribution is -2.33. The van der Waals surface area contributed by atoms with E-state index in [1.165, 1.54) is 24.8 Å². The molecule has 4 atom stereocenters. The summed E-state index contributed by atoms with van der Waals surface area (Å²) in [5, 5.41) is 0. The predicted molar refractivity (Wildman–Crippen MR) is 110 cm³/mol. The molecule has 11 nitrogen and oxygen atoms in total. The fraction of sp³-hybridized carbons (Fsp3) is 0.450. The second kappa shape index (κ2) is 7.46. The highest BCUT2D eigenvalue weighted by atomic mass is 32.2. The molecule has 2 fully saturated rings. The fourth-order valence-electron chi connectivity index (χ4n) is 4.00. The lowest BCUT2D eigenvalue weighted by Gasteiger charge is -2.24. The zero-order valence-corrected chi connectivity index (χ0v) is 18.4. The smallest absolute Gasteiger partial charge is 0.297 e. The van der Waals surface area contributed by atoms with Gasteiger partial charge in [0.25, 0.3) is 15.7 Å². The molecule has 12 heteroatoms. The zero-order valence-electron chi connectivity index (χ0n) is 17.6. The van der Waals surface area contributed by atoms with Crippen LogP contribution in [0.3, 0.4) is 0 Å². The summed E-state index contributed by atoms with van der Waals surface area (Å²) in [7, 11) is -3.99. The average molecular weight is 462 g/mol. The van der Waals surface area contributed by atoms with Gasteiger partial charge in [-0.25, -0.2) is 9.97 Å². The number of hydrogen-bond donors (Lipinski definition) is 1. The molecule has 4 heterocycles. The Morgan fingerprint density at radius 3 is 2.62 bits per heavy atom. The first-order chi connectivity index (χ1) is 15.1. The van der Waals surface area contributed by atoms with Crippen LogP contribution in [0.1, 0.15) is 25.6 Å². The molecule has 0 saturated carbocycles. The SMILES string of the molecule is Cc1ccc(S(=O)(=O)OC[C@H]2O[C@@H](n3cnc4c(=O)[nH]cnc43)[C@H]3OC(C)(C)O[C@H]32)cc1. The zero-order chi connectivity index (χ0) is 22.7. The first-order valence-electron chi connectivity index (χ1n) is 10.0. The van der Waals surface area contributed by atoms with Gasteiger partial charge in [0.15, 0.2) is 23.2 Å². The Balaban J connectivity index is 1.42. The van der Waals surface area contributed by atoms with Gasteiger partial charge in [0.2, 0.25) is 0 Å². The Morgan fingerprint density at radius 1 is 1.16 bits per heavy atom. The quantitative estimate of drug-likeness (QED) is 0.556. The Bertz CT molecular complexity index is 1320. The second-order valence-corrected chi connectivity index (χ2v) is 9.85. The topological polar surface area (TPSA) is 135 Å². The molecule has 3 aromatic rings. The number of imidazole rings is 1. The Kier molecular flexibility index (Phi) is 4.94. The number of ether oxygens (including phenoxy) is 3. The van der Waals surface area contributed by atoms with Gasteiger partial charge in [-0.3, -0.25) is 13.5 Å². The molecular formula is C20H22N4O7S. The fourth-order valence-corrected chi connectivity index (χ4v) is 4.91. The van der Waals surface area contributed by atoms with Crippen LogP contribution in [0.15, 0.2) is 46.6 Å². The lowest BCUT2D eigenvalue weighted by atomic mass is 10.1. The van der Waals surface area contributed by atoms with Gasteiger partial charge in [-0.1, -0.05) is 17.7 Å². The van der Waals surface area contributed by atoms with Crippen LogP contribution in [-0.2, 0) is 28.5 Å². The highest BCUT2D eigenvalue weighted by Gasteiger charge is 2.56. The maximum Gasteiger partial charge on any atom is 0.297 e. The molecule has 0 bridgehead atoms.